The van der Waals surface area contributed by atoms with Gasteiger partial charge in [0.25, 0.3) is 0 Å². The van der Waals surface area contributed by atoms with Crippen molar-refractivity contribution < 1.29 is 0 Å². The van der Waals surface area contributed by atoms with E-state index in [1.807, 2.05) is 11.5 Å². The van der Waals surface area contributed by atoms with Crippen LogP contribution in [0.4, 0.5) is 5.95 Å². The fourth-order valence-corrected chi connectivity index (χ4v) is 1.91. The predicted octanol–water partition coefficient (Wildman–Crippen LogP) is 0.695. The summed E-state index contributed by atoms with van der Waals surface area (Å²) in [7, 11) is 0. The number of nitrogens with zero attached hydrogens (tertiary/aromatic N) is 4. The lowest BCUT2D eigenvalue weighted by Crippen LogP contribution is -2.20. The minimum Gasteiger partial charge on any atom is -0.355 e. The molecule has 18 heavy (non-hydrogen) atoms. The summed E-state index contributed by atoms with van der Waals surface area (Å²) in [5.41, 5.74) is 7.17. The first-order chi connectivity index (χ1) is 8.76. The third-order valence-electron chi connectivity index (χ3n) is 2.76. The van der Waals surface area contributed by atoms with Crippen molar-refractivity contribution in [1.82, 2.24) is 24.7 Å². The lowest BCUT2D eigenvalue weighted by Gasteiger charge is -2.12. The summed E-state index contributed by atoms with van der Waals surface area (Å²) >= 11 is 0. The van der Waals surface area contributed by atoms with Crippen LogP contribution in [0.3, 0.4) is 0 Å². The maximum atomic E-state index is 6.17. The molecule has 2 heterocycles. The first-order valence-corrected chi connectivity index (χ1v) is 6.16. The zero-order valence-corrected chi connectivity index (χ0v) is 10.7. The maximum absolute atomic E-state index is 6.17. The van der Waals surface area contributed by atoms with Crippen LogP contribution in [-0.2, 0) is 13.0 Å². The summed E-state index contributed by atoms with van der Waals surface area (Å²) < 4.78 is 2.00. The van der Waals surface area contributed by atoms with E-state index in [1.54, 1.807) is 12.5 Å². The summed E-state index contributed by atoms with van der Waals surface area (Å²) in [6.45, 7) is 5.69. The second kappa shape index (κ2) is 5.63. The first kappa shape index (κ1) is 12.6. The van der Waals surface area contributed by atoms with Crippen LogP contribution >= 0.6 is 0 Å². The molecule has 0 saturated heterocycles. The second-order valence-electron chi connectivity index (χ2n) is 4.04. The number of aromatic amines is 1. The second-order valence-corrected chi connectivity index (χ2v) is 4.04. The standard InChI is InChI=1S/C11H19N7/c1-3-14-11-17-16-10(18(11)4-2)9(12)5-8-6-13-7-15-8/h6-7,9H,3-5,12H2,1-2H3,(H,13,15)(H,14,17). The van der Waals surface area contributed by atoms with Gasteiger partial charge in [-0.1, -0.05) is 0 Å². The van der Waals surface area contributed by atoms with Crippen molar-refractivity contribution in [3.8, 4) is 0 Å². The third-order valence-corrected chi connectivity index (χ3v) is 2.76. The fourth-order valence-electron chi connectivity index (χ4n) is 1.91. The van der Waals surface area contributed by atoms with Crippen molar-refractivity contribution in [3.05, 3.63) is 24.0 Å². The van der Waals surface area contributed by atoms with E-state index in [2.05, 4.69) is 32.4 Å². The van der Waals surface area contributed by atoms with Crippen molar-refractivity contribution in [2.45, 2.75) is 32.9 Å². The van der Waals surface area contributed by atoms with Crippen LogP contribution in [-0.4, -0.2) is 31.3 Å². The van der Waals surface area contributed by atoms with Crippen molar-refractivity contribution in [2.24, 2.45) is 5.73 Å². The van der Waals surface area contributed by atoms with Gasteiger partial charge in [-0.3, -0.25) is 4.57 Å². The molecule has 1 atom stereocenters. The molecule has 0 aliphatic carbocycles. The smallest absolute Gasteiger partial charge is 0.224 e. The Morgan fingerprint density at radius 1 is 1.44 bits per heavy atom. The molecule has 0 spiro atoms. The van der Waals surface area contributed by atoms with Crippen LogP contribution in [0, 0.1) is 0 Å². The van der Waals surface area contributed by atoms with Crippen LogP contribution in [0.15, 0.2) is 12.5 Å². The first-order valence-electron chi connectivity index (χ1n) is 6.16. The van der Waals surface area contributed by atoms with E-state index in [0.717, 1.165) is 30.6 Å². The molecule has 0 amide bonds. The molecule has 4 N–H and O–H groups in total. The lowest BCUT2D eigenvalue weighted by atomic mass is 10.1. The van der Waals surface area contributed by atoms with Crippen LogP contribution in [0.25, 0.3) is 0 Å². The summed E-state index contributed by atoms with van der Waals surface area (Å²) in [6.07, 6.45) is 4.10. The van der Waals surface area contributed by atoms with Gasteiger partial charge in [0.15, 0.2) is 5.82 Å². The average molecular weight is 249 g/mol. The van der Waals surface area contributed by atoms with Crippen molar-refractivity contribution in [3.63, 3.8) is 0 Å². The normalized spacial score (nSPS) is 12.6. The molecule has 2 rings (SSSR count). The van der Waals surface area contributed by atoms with Crippen LogP contribution in [0.2, 0.25) is 0 Å². The number of hydrogen-bond donors (Lipinski definition) is 3. The topological polar surface area (TPSA) is 97.4 Å². The van der Waals surface area contributed by atoms with E-state index in [1.165, 1.54) is 0 Å². The zero-order chi connectivity index (χ0) is 13.0. The van der Waals surface area contributed by atoms with Crippen molar-refractivity contribution in [2.75, 3.05) is 11.9 Å². The highest BCUT2D eigenvalue weighted by molar-refractivity contribution is 5.26. The summed E-state index contributed by atoms with van der Waals surface area (Å²) in [5, 5.41) is 11.5. The third kappa shape index (κ3) is 2.51. The molecule has 0 aliphatic heterocycles. The molecule has 2 aromatic rings. The Kier molecular flexibility index (Phi) is 3.93. The highest BCUT2D eigenvalue weighted by Crippen LogP contribution is 2.16. The number of H-pyrrole nitrogens is 1. The SMILES string of the molecule is CCNc1nnc(C(N)Cc2cnc[nH]2)n1CC. The van der Waals surface area contributed by atoms with Crippen LogP contribution in [0.5, 0.6) is 0 Å². The molecular weight excluding hydrogens is 230 g/mol. The molecule has 7 nitrogen and oxygen atoms in total. The van der Waals surface area contributed by atoms with Gasteiger partial charge in [-0.2, -0.15) is 0 Å². The molecule has 0 saturated carbocycles. The Hall–Kier alpha value is -1.89. The van der Waals surface area contributed by atoms with Crippen molar-refractivity contribution in [1.29, 1.82) is 0 Å². The molecule has 2 aromatic heterocycles. The molecular formula is C11H19N7. The molecule has 0 radical (unpaired) electrons. The number of imidazole rings is 1. The number of rotatable bonds is 6. The zero-order valence-electron chi connectivity index (χ0n) is 10.7. The number of anilines is 1. The fraction of sp³-hybridized carbons (Fsp3) is 0.545. The Labute approximate surface area is 106 Å². The van der Waals surface area contributed by atoms with E-state index in [0.29, 0.717) is 6.42 Å². The minimum atomic E-state index is -0.190. The molecule has 0 aliphatic rings. The van der Waals surface area contributed by atoms with Crippen LogP contribution < -0.4 is 11.1 Å². The summed E-state index contributed by atoms with van der Waals surface area (Å²) in [5.74, 6) is 1.57. The molecule has 1 unspecified atom stereocenters. The monoisotopic (exact) mass is 249 g/mol. The number of hydrogen-bond acceptors (Lipinski definition) is 5. The van der Waals surface area contributed by atoms with E-state index in [4.69, 9.17) is 5.73 Å². The Morgan fingerprint density at radius 3 is 2.89 bits per heavy atom. The van der Waals surface area contributed by atoms with Gasteiger partial charge in [0, 0.05) is 31.4 Å². The molecule has 7 heteroatoms. The Balaban J connectivity index is 2.16. The molecule has 98 valence electrons. The molecule has 0 aromatic carbocycles. The average Bonchev–Trinajstić information content (AvgIpc) is 2.98. The van der Waals surface area contributed by atoms with Gasteiger partial charge >= 0.3 is 0 Å². The minimum absolute atomic E-state index is 0.190. The van der Waals surface area contributed by atoms with E-state index in [9.17, 15) is 0 Å². The summed E-state index contributed by atoms with van der Waals surface area (Å²) in [4.78, 5) is 7.02. The van der Waals surface area contributed by atoms with E-state index >= 15 is 0 Å². The maximum Gasteiger partial charge on any atom is 0.224 e. The molecule has 0 bridgehead atoms. The highest BCUT2D eigenvalue weighted by Gasteiger charge is 2.17. The van der Waals surface area contributed by atoms with Gasteiger partial charge in [0.2, 0.25) is 5.95 Å². The Bertz CT molecular complexity index is 474. The van der Waals surface area contributed by atoms with E-state index < -0.39 is 0 Å². The van der Waals surface area contributed by atoms with Crippen LogP contribution in [0.1, 0.15) is 31.4 Å². The van der Waals surface area contributed by atoms with E-state index in [-0.39, 0.29) is 6.04 Å². The van der Waals surface area contributed by atoms with Gasteiger partial charge in [-0.05, 0) is 13.8 Å². The highest BCUT2D eigenvalue weighted by atomic mass is 15.4. The number of nitrogens with two attached hydrogens (primary N) is 1. The van der Waals surface area contributed by atoms with Gasteiger partial charge in [-0.25, -0.2) is 4.98 Å². The van der Waals surface area contributed by atoms with Gasteiger partial charge in [0.05, 0.1) is 12.4 Å². The lowest BCUT2D eigenvalue weighted by molar-refractivity contribution is 0.596. The largest absolute Gasteiger partial charge is 0.355 e. The number of aromatic nitrogens is 5. The van der Waals surface area contributed by atoms with Crippen molar-refractivity contribution >= 4 is 5.95 Å². The molecule has 0 fully saturated rings. The van der Waals surface area contributed by atoms with Gasteiger partial charge in [-0.15, -0.1) is 10.2 Å². The Morgan fingerprint density at radius 2 is 2.28 bits per heavy atom. The number of nitrogens with one attached hydrogen (secondary N) is 2. The quantitative estimate of drug-likeness (QED) is 0.700. The summed E-state index contributed by atoms with van der Waals surface area (Å²) in [6, 6.07) is -0.190. The van der Waals surface area contributed by atoms with Gasteiger partial charge in [0.1, 0.15) is 0 Å². The predicted molar refractivity (Wildman–Crippen MR) is 69.1 cm³/mol. The van der Waals surface area contributed by atoms with Gasteiger partial charge < -0.3 is 16.0 Å².